The second kappa shape index (κ2) is 56.2. The molecule has 9 saturated heterocycles. The Morgan fingerprint density at radius 1 is 0.320 bits per heavy atom. The third-order valence-electron chi connectivity index (χ3n) is 26.7. The summed E-state index contributed by atoms with van der Waals surface area (Å²) in [4.78, 5) is 120. The molecule has 10 heterocycles. The van der Waals surface area contributed by atoms with Crippen molar-refractivity contribution < 1.29 is 90.1 Å². The quantitative estimate of drug-likeness (QED) is 0.133. The van der Waals surface area contributed by atoms with Crippen LogP contribution >= 0.6 is 11.3 Å². The van der Waals surface area contributed by atoms with Gasteiger partial charge in [-0.1, -0.05) is 305 Å². The van der Waals surface area contributed by atoms with E-state index in [9.17, 15) is 52.2 Å². The zero-order valence-corrected chi connectivity index (χ0v) is 95.6. The monoisotopic (exact) mass is 2100 g/mol. The van der Waals surface area contributed by atoms with Crippen LogP contribution in [-0.4, -0.2) is 291 Å². The number of nitrogens with zero attached hydrogens (tertiary/aromatic N) is 10. The fourth-order valence-corrected chi connectivity index (χ4v) is 19.1. The molecule has 0 spiro atoms. The van der Waals surface area contributed by atoms with Gasteiger partial charge < -0.3 is 87.1 Å². The molecule has 7 aromatic rings. The van der Waals surface area contributed by atoms with Crippen molar-refractivity contribution in [1.82, 2.24) is 49.1 Å². The van der Waals surface area contributed by atoms with Crippen LogP contribution in [0.4, 0.5) is 8.78 Å². The van der Waals surface area contributed by atoms with Gasteiger partial charge in [0.25, 0.3) is 0 Å². The number of aryl methyl sites for hydroxylation is 2. The summed E-state index contributed by atoms with van der Waals surface area (Å²) in [5, 5.41) is 12.4. The Morgan fingerprint density at radius 3 is 0.980 bits per heavy atom. The second-order valence-corrected chi connectivity index (χ2v) is 49.5. The van der Waals surface area contributed by atoms with Crippen LogP contribution in [0.1, 0.15) is 272 Å². The normalized spacial score (nSPS) is 21.3. The lowest BCUT2D eigenvalue weighted by atomic mass is 9.94. The van der Waals surface area contributed by atoms with E-state index in [1.165, 1.54) is 67.2 Å². The summed E-state index contributed by atoms with van der Waals surface area (Å²) in [7, 11) is 0. The number of hydrogen-bond acceptors (Lipinski definition) is 20. The van der Waals surface area contributed by atoms with Crippen LogP contribution in [0.5, 0.6) is 5.75 Å². The van der Waals surface area contributed by atoms with E-state index in [0.29, 0.717) is 150 Å². The number of carbonyl (C=O) groups is 8. The van der Waals surface area contributed by atoms with Crippen molar-refractivity contribution in [3.63, 3.8) is 0 Å². The van der Waals surface area contributed by atoms with Gasteiger partial charge in [-0.25, -0.2) is 13.8 Å². The number of morpholine rings is 8. The number of piperidine rings is 1. The van der Waals surface area contributed by atoms with E-state index < -0.39 is 10.8 Å². The number of benzene rings is 6. The molecular formula is C120H176F2N10O17S. The maximum Gasteiger partial charge on any atom is 0.228 e. The summed E-state index contributed by atoms with van der Waals surface area (Å²) >= 11 is 1.58. The summed E-state index contributed by atoms with van der Waals surface area (Å²) in [5.74, 6) is 1.05. The molecule has 6 aromatic carbocycles. The van der Waals surface area contributed by atoms with Crippen LogP contribution in [0.15, 0.2) is 163 Å². The molecule has 8 amide bonds. The van der Waals surface area contributed by atoms with Gasteiger partial charge in [-0.2, -0.15) is 0 Å². The van der Waals surface area contributed by atoms with Crippen molar-refractivity contribution in [2.24, 2.45) is 43.3 Å². The Balaban J connectivity index is 0.000000190. The summed E-state index contributed by atoms with van der Waals surface area (Å²) < 4.78 is 72.8. The number of phenolic OH excluding ortho intramolecular Hbond substituents is 1. The lowest BCUT2D eigenvalue weighted by Crippen LogP contribution is -2.52. The van der Waals surface area contributed by atoms with Crippen molar-refractivity contribution >= 4 is 58.6 Å². The molecular weight excluding hydrogens is 1920 g/mol. The van der Waals surface area contributed by atoms with Gasteiger partial charge in [-0.3, -0.25) is 38.4 Å². The molecule has 0 radical (unpaired) electrons. The lowest BCUT2D eigenvalue weighted by molar-refractivity contribution is -0.148. The average molecular weight is 2100 g/mol. The average Bonchev–Trinajstić information content (AvgIpc) is 1.11. The Morgan fingerprint density at radius 2 is 0.627 bits per heavy atom. The van der Waals surface area contributed by atoms with Crippen LogP contribution in [0.25, 0.3) is 0 Å². The van der Waals surface area contributed by atoms with Crippen LogP contribution < -0.4 is 0 Å². The molecule has 27 nitrogen and oxygen atoms in total. The SMILES string of the molecule is CC(C)(C)C(=O)N1CCOC(CN2CCCCC2)C1.CC(C)(C)C(=O)N1CCOC(Cc2ccccc2)C1.CC(C)(C)C(=O)N1CCOC(c2cccc(F)c2)C1.CC(C)(C)C(=O)N1CCOC(c2cccc(O)c2)C1.CC(C)(C)C(=O)N1CCOC(c2ccccc2F)C1.CC(C)(C)C(=O)N1CCOC(c2nccs2)C1.Cc1ccc(C2CN(C(=O)C(C)(C)C)CCO2)cc1.Cc1ccc(C2CN(C(=O)C(C)(C)C)CCO2)cc1. The zero-order chi connectivity index (χ0) is 110. The van der Waals surface area contributed by atoms with Gasteiger partial charge in [0.05, 0.1) is 104 Å². The molecule has 9 aliphatic heterocycles. The highest BCUT2D eigenvalue weighted by Gasteiger charge is 2.41. The zero-order valence-electron chi connectivity index (χ0n) is 94.7. The first-order chi connectivity index (χ1) is 70.3. The second-order valence-electron chi connectivity index (χ2n) is 48.6. The molecule has 8 unspecified atom stereocenters. The maximum atomic E-state index is 13.8. The summed E-state index contributed by atoms with van der Waals surface area (Å²) in [6, 6.07) is 47.0. The van der Waals surface area contributed by atoms with E-state index in [1.54, 1.807) is 69.8 Å². The van der Waals surface area contributed by atoms with E-state index in [4.69, 9.17) is 37.9 Å². The maximum absolute atomic E-state index is 13.8. The van der Waals surface area contributed by atoms with Crippen LogP contribution in [-0.2, 0) is 82.7 Å². The van der Waals surface area contributed by atoms with Gasteiger partial charge in [-0.05, 0) is 97.9 Å². The largest absolute Gasteiger partial charge is 0.508 e. The first kappa shape index (κ1) is 124. The molecule has 1 N–H and O–H groups in total. The van der Waals surface area contributed by atoms with E-state index in [1.807, 2.05) is 231 Å². The predicted molar refractivity (Wildman–Crippen MR) is 586 cm³/mol. The molecule has 0 saturated carbocycles. The number of aromatic nitrogens is 1. The van der Waals surface area contributed by atoms with E-state index in [2.05, 4.69) is 84.4 Å². The molecule has 16 rings (SSSR count). The van der Waals surface area contributed by atoms with E-state index >= 15 is 0 Å². The van der Waals surface area contributed by atoms with Gasteiger partial charge in [0.1, 0.15) is 59.0 Å². The summed E-state index contributed by atoms with van der Waals surface area (Å²) in [5.41, 5.74) is 5.49. The van der Waals surface area contributed by atoms with E-state index in [0.717, 1.165) is 53.3 Å². The molecule has 8 atom stereocenters. The third-order valence-corrected chi connectivity index (χ3v) is 27.5. The molecule has 828 valence electrons. The van der Waals surface area contributed by atoms with Crippen LogP contribution in [0.3, 0.4) is 0 Å². The van der Waals surface area contributed by atoms with Gasteiger partial charge >= 0.3 is 0 Å². The fourth-order valence-electron chi connectivity index (χ4n) is 18.4. The number of likely N-dealkylation sites (tertiary alicyclic amines) is 1. The Labute approximate surface area is 897 Å². The number of amides is 8. The number of thiazole rings is 1. The smallest absolute Gasteiger partial charge is 0.228 e. The molecule has 1 aromatic heterocycles. The summed E-state index contributed by atoms with van der Waals surface area (Å²) in [6.45, 7) is 68.9. The first-order valence-corrected chi connectivity index (χ1v) is 54.6. The highest BCUT2D eigenvalue weighted by molar-refractivity contribution is 7.09. The van der Waals surface area contributed by atoms with Crippen molar-refractivity contribution in [3.8, 4) is 5.75 Å². The minimum Gasteiger partial charge on any atom is -0.508 e. The third kappa shape index (κ3) is 39.5. The van der Waals surface area contributed by atoms with Gasteiger partial charge in [0, 0.05) is 139 Å². The van der Waals surface area contributed by atoms with Crippen molar-refractivity contribution in [3.05, 3.63) is 224 Å². The number of ether oxygens (including phenoxy) is 8. The standard InChI is InChI=1S/3C16H23NO2.2C15H20FNO2.C15H28N2O2.C15H21NO3.C12H18N2O2S/c2*1-12-5-7-13(8-6-12)14-11-17(9-10-19-14)15(18)16(2,3)4;1-16(2,3)15(18)17-9-10-19-14(12-17)11-13-7-5-4-6-8-13;1-15(2,3)14(18)17-7-8-19-13(10-17)11-5-4-6-12(16)9-11;1-15(2,3)14(18)17-8-9-19-13(10-17)11-6-4-5-7-12(11)16;1-15(2,3)14(18)17-9-10-19-13(12-17)11-16-7-5-4-6-8-16;1-15(2,3)14(18)16-7-8-19-13(10-16)11-5-4-6-12(17)9-11;1-12(2,3)11(15)14-5-6-16-9(8-14)10-13-4-7-17-10/h2*5-8,14H,9-11H2,1-4H3;4-8,14H,9-12H2,1-3H3;4-6,9,13H,7-8,10H2,1-3H3;4-7,13H,8-10H2,1-3H3;13H,4-12H2,1-3H3;4-6,9,13,17H,7-8,10H2,1-3H3;4,7,9H,5-6,8H2,1-3H3. The molecule has 150 heavy (non-hydrogen) atoms. The number of carbonyl (C=O) groups excluding carboxylic acids is 8. The Hall–Kier alpha value is -9.99. The number of rotatable bonds is 10. The minimum absolute atomic E-state index is 0.000602. The molecule has 0 bridgehead atoms. The van der Waals surface area contributed by atoms with Crippen LogP contribution in [0, 0.1) is 68.8 Å². The molecule has 30 heteroatoms. The highest BCUT2D eigenvalue weighted by atomic mass is 32.1. The number of halogens is 2. The number of phenols is 1. The van der Waals surface area contributed by atoms with Gasteiger partial charge in [-0.15, -0.1) is 11.3 Å². The summed E-state index contributed by atoms with van der Waals surface area (Å²) in [6.07, 6.45) is 6.08. The van der Waals surface area contributed by atoms with Crippen molar-refractivity contribution in [2.45, 2.75) is 255 Å². The molecule has 0 aliphatic carbocycles. The molecule has 9 fully saturated rings. The Bertz CT molecular complexity index is 5210. The van der Waals surface area contributed by atoms with E-state index in [-0.39, 0.29) is 146 Å². The predicted octanol–water partition coefficient (Wildman–Crippen LogP) is 20.1. The topological polar surface area (TPSA) is 273 Å². The van der Waals surface area contributed by atoms with Crippen molar-refractivity contribution in [1.29, 1.82) is 0 Å². The number of aromatic hydroxyl groups is 1. The molecule has 9 aliphatic rings. The number of hydrogen-bond donors (Lipinski definition) is 1. The van der Waals surface area contributed by atoms with Crippen molar-refractivity contribution in [2.75, 3.05) is 177 Å². The van der Waals surface area contributed by atoms with Crippen LogP contribution in [0.2, 0.25) is 0 Å². The van der Waals surface area contributed by atoms with Gasteiger partial charge in [0.15, 0.2) is 0 Å². The van der Waals surface area contributed by atoms with Gasteiger partial charge in [0.2, 0.25) is 47.3 Å². The Kier molecular flexibility index (Phi) is 46.3. The highest BCUT2D eigenvalue weighted by Crippen LogP contribution is 2.36. The fraction of sp³-hybridized carbons (Fsp3) is 0.608. The first-order valence-electron chi connectivity index (χ1n) is 53.7. The lowest BCUT2D eigenvalue weighted by Gasteiger charge is -2.39. The minimum atomic E-state index is -0.420.